The number of rotatable bonds is 4. The van der Waals surface area contributed by atoms with Crippen LogP contribution >= 0.6 is 0 Å². The summed E-state index contributed by atoms with van der Waals surface area (Å²) in [5.41, 5.74) is 1.11. The molecule has 0 radical (unpaired) electrons. The average molecular weight is 234 g/mol. The molecule has 1 aromatic heterocycles. The Balaban J connectivity index is 1.93. The highest BCUT2D eigenvalue weighted by molar-refractivity contribution is 5.39. The van der Waals surface area contributed by atoms with Crippen LogP contribution in [0.2, 0.25) is 0 Å². The molecule has 4 heteroatoms. The van der Waals surface area contributed by atoms with Gasteiger partial charge in [0.1, 0.15) is 0 Å². The second-order valence-electron chi connectivity index (χ2n) is 5.83. The van der Waals surface area contributed by atoms with Gasteiger partial charge in [-0.05, 0) is 45.7 Å². The fourth-order valence-corrected chi connectivity index (χ4v) is 1.64. The molecule has 1 aliphatic rings. The van der Waals surface area contributed by atoms with E-state index in [-0.39, 0.29) is 5.54 Å². The van der Waals surface area contributed by atoms with Gasteiger partial charge in [0.25, 0.3) is 0 Å². The van der Waals surface area contributed by atoms with Crippen LogP contribution in [0.1, 0.15) is 39.3 Å². The summed E-state index contributed by atoms with van der Waals surface area (Å²) >= 11 is 0. The van der Waals surface area contributed by atoms with Crippen molar-refractivity contribution in [2.45, 2.75) is 51.7 Å². The maximum Gasteiger partial charge on any atom is 0.151 e. The molecule has 1 aliphatic carbocycles. The van der Waals surface area contributed by atoms with Crippen molar-refractivity contribution in [1.82, 2.24) is 15.5 Å². The van der Waals surface area contributed by atoms with Crippen LogP contribution in [-0.2, 0) is 6.54 Å². The molecular weight excluding hydrogens is 212 g/mol. The van der Waals surface area contributed by atoms with Gasteiger partial charge in [-0.15, -0.1) is 5.10 Å². The molecule has 1 fully saturated rings. The lowest BCUT2D eigenvalue weighted by molar-refractivity contribution is 0.420. The summed E-state index contributed by atoms with van der Waals surface area (Å²) in [5, 5.41) is 11.9. The van der Waals surface area contributed by atoms with Crippen LogP contribution in [0.5, 0.6) is 0 Å². The number of hydrogen-bond acceptors (Lipinski definition) is 4. The Hall–Kier alpha value is -1.16. The van der Waals surface area contributed by atoms with Gasteiger partial charge < -0.3 is 10.2 Å². The van der Waals surface area contributed by atoms with Gasteiger partial charge in [-0.1, -0.05) is 0 Å². The van der Waals surface area contributed by atoms with Crippen molar-refractivity contribution >= 4 is 5.82 Å². The molecule has 1 saturated carbocycles. The van der Waals surface area contributed by atoms with Crippen molar-refractivity contribution in [1.29, 1.82) is 0 Å². The second-order valence-corrected chi connectivity index (χ2v) is 5.83. The van der Waals surface area contributed by atoms with E-state index in [0.717, 1.165) is 18.1 Å². The number of aromatic nitrogens is 2. The molecule has 0 aromatic carbocycles. The van der Waals surface area contributed by atoms with Crippen LogP contribution in [0.4, 0.5) is 5.82 Å². The first-order chi connectivity index (χ1) is 7.96. The van der Waals surface area contributed by atoms with E-state index < -0.39 is 0 Å². The zero-order chi connectivity index (χ0) is 12.5. The smallest absolute Gasteiger partial charge is 0.151 e. The lowest BCUT2D eigenvalue weighted by Gasteiger charge is -2.20. The number of nitrogens with zero attached hydrogens (tertiary/aromatic N) is 3. The Labute approximate surface area is 103 Å². The normalized spacial score (nSPS) is 16.0. The molecule has 17 heavy (non-hydrogen) atoms. The predicted molar refractivity (Wildman–Crippen MR) is 70.0 cm³/mol. The van der Waals surface area contributed by atoms with E-state index >= 15 is 0 Å². The predicted octanol–water partition coefficient (Wildman–Crippen LogP) is 1.96. The summed E-state index contributed by atoms with van der Waals surface area (Å²) in [7, 11) is 2.09. The van der Waals surface area contributed by atoms with Crippen molar-refractivity contribution in [2.24, 2.45) is 0 Å². The Morgan fingerprint density at radius 2 is 2.00 bits per heavy atom. The minimum Gasteiger partial charge on any atom is -0.355 e. The lowest BCUT2D eigenvalue weighted by Crippen LogP contribution is -2.35. The number of hydrogen-bond donors (Lipinski definition) is 1. The van der Waals surface area contributed by atoms with Gasteiger partial charge in [0.2, 0.25) is 0 Å². The van der Waals surface area contributed by atoms with Crippen LogP contribution in [0.25, 0.3) is 0 Å². The van der Waals surface area contributed by atoms with Crippen LogP contribution in [-0.4, -0.2) is 28.8 Å². The topological polar surface area (TPSA) is 41.0 Å². The largest absolute Gasteiger partial charge is 0.355 e. The van der Waals surface area contributed by atoms with Crippen molar-refractivity contribution in [3.63, 3.8) is 0 Å². The number of anilines is 1. The van der Waals surface area contributed by atoms with Crippen LogP contribution in [0.15, 0.2) is 12.1 Å². The molecule has 0 unspecified atom stereocenters. The van der Waals surface area contributed by atoms with Crippen molar-refractivity contribution in [3.8, 4) is 0 Å². The number of nitrogens with one attached hydrogen (secondary N) is 1. The molecule has 1 heterocycles. The van der Waals surface area contributed by atoms with Crippen LogP contribution in [0, 0.1) is 0 Å². The van der Waals surface area contributed by atoms with E-state index in [0.29, 0.717) is 6.04 Å². The van der Waals surface area contributed by atoms with E-state index in [1.807, 2.05) is 0 Å². The van der Waals surface area contributed by atoms with Gasteiger partial charge in [0.05, 0.1) is 5.69 Å². The molecule has 1 aromatic rings. The zero-order valence-corrected chi connectivity index (χ0v) is 11.2. The average Bonchev–Trinajstić information content (AvgIpc) is 3.09. The molecule has 2 rings (SSSR count). The summed E-state index contributed by atoms with van der Waals surface area (Å²) in [4.78, 5) is 2.22. The maximum absolute atomic E-state index is 4.28. The van der Waals surface area contributed by atoms with Gasteiger partial charge in [0, 0.05) is 25.2 Å². The summed E-state index contributed by atoms with van der Waals surface area (Å²) in [5.74, 6) is 0.979. The van der Waals surface area contributed by atoms with E-state index in [4.69, 9.17) is 0 Å². The second kappa shape index (κ2) is 4.61. The Morgan fingerprint density at radius 1 is 1.29 bits per heavy atom. The van der Waals surface area contributed by atoms with Crippen LogP contribution in [0.3, 0.4) is 0 Å². The minimum absolute atomic E-state index is 0.116. The van der Waals surface area contributed by atoms with Gasteiger partial charge >= 0.3 is 0 Å². The van der Waals surface area contributed by atoms with Gasteiger partial charge in [-0.3, -0.25) is 0 Å². The molecule has 0 amide bonds. The molecule has 0 spiro atoms. The fraction of sp³-hybridized carbons (Fsp3) is 0.692. The highest BCUT2D eigenvalue weighted by Gasteiger charge is 2.27. The first kappa shape index (κ1) is 12.3. The lowest BCUT2D eigenvalue weighted by atomic mass is 10.1. The first-order valence-corrected chi connectivity index (χ1v) is 6.26. The monoisotopic (exact) mass is 234 g/mol. The van der Waals surface area contributed by atoms with E-state index in [2.05, 4.69) is 60.4 Å². The van der Waals surface area contributed by atoms with E-state index in [1.54, 1.807) is 0 Å². The summed E-state index contributed by atoms with van der Waals surface area (Å²) in [6, 6.07) is 4.80. The van der Waals surface area contributed by atoms with Crippen molar-refractivity contribution < 1.29 is 0 Å². The standard InChI is InChI=1S/C13H22N4/c1-13(2,3)14-9-10-5-8-12(16-15-10)17(4)11-6-7-11/h5,8,11,14H,6-7,9H2,1-4H3. The molecular formula is C13H22N4. The van der Waals surface area contributed by atoms with Gasteiger partial charge in [0.15, 0.2) is 5.82 Å². The third-order valence-corrected chi connectivity index (χ3v) is 2.96. The molecule has 1 N–H and O–H groups in total. The first-order valence-electron chi connectivity index (χ1n) is 6.26. The van der Waals surface area contributed by atoms with Gasteiger partial charge in [-0.2, -0.15) is 5.10 Å². The van der Waals surface area contributed by atoms with E-state index in [1.165, 1.54) is 12.8 Å². The zero-order valence-electron chi connectivity index (χ0n) is 11.2. The maximum atomic E-state index is 4.28. The Morgan fingerprint density at radius 3 is 2.47 bits per heavy atom. The van der Waals surface area contributed by atoms with E-state index in [9.17, 15) is 0 Å². The fourth-order valence-electron chi connectivity index (χ4n) is 1.64. The molecule has 94 valence electrons. The molecule has 0 saturated heterocycles. The molecule has 0 atom stereocenters. The van der Waals surface area contributed by atoms with Crippen molar-refractivity contribution in [2.75, 3.05) is 11.9 Å². The Bertz CT molecular complexity index is 362. The molecule has 0 aliphatic heterocycles. The minimum atomic E-state index is 0.116. The third-order valence-electron chi connectivity index (χ3n) is 2.96. The SMILES string of the molecule is CN(c1ccc(CNC(C)(C)C)nn1)C1CC1. The summed E-state index contributed by atoms with van der Waals surface area (Å²) in [6.07, 6.45) is 2.57. The molecule has 0 bridgehead atoms. The molecule has 4 nitrogen and oxygen atoms in total. The summed E-state index contributed by atoms with van der Waals surface area (Å²) < 4.78 is 0. The Kier molecular flexibility index (Phi) is 3.33. The van der Waals surface area contributed by atoms with Crippen LogP contribution < -0.4 is 10.2 Å². The van der Waals surface area contributed by atoms with Crippen molar-refractivity contribution in [3.05, 3.63) is 17.8 Å². The third kappa shape index (κ3) is 3.66. The van der Waals surface area contributed by atoms with Gasteiger partial charge in [-0.25, -0.2) is 0 Å². The highest BCUT2D eigenvalue weighted by Crippen LogP contribution is 2.28. The highest BCUT2D eigenvalue weighted by atomic mass is 15.3. The quantitative estimate of drug-likeness (QED) is 0.864. The summed E-state index contributed by atoms with van der Waals surface area (Å²) in [6.45, 7) is 7.21.